The van der Waals surface area contributed by atoms with Crippen molar-refractivity contribution >= 4 is 0 Å². The largest absolute Gasteiger partial charge is 0.291 e. The monoisotopic (exact) mass is 202 g/mol. The van der Waals surface area contributed by atoms with Crippen molar-refractivity contribution in [3.8, 4) is 6.07 Å². The normalized spacial score (nSPS) is 12.6. The van der Waals surface area contributed by atoms with Crippen LogP contribution in [-0.4, -0.2) is 19.0 Å². The minimum absolute atomic E-state index is 0.149. The number of hydrogen-bond acceptors (Lipinski definition) is 2. The molecule has 15 heavy (non-hydrogen) atoms. The van der Waals surface area contributed by atoms with Gasteiger partial charge in [-0.1, -0.05) is 12.1 Å². The molecule has 2 nitrogen and oxygen atoms in total. The molecule has 80 valence electrons. The Morgan fingerprint density at radius 2 is 1.73 bits per heavy atom. The van der Waals surface area contributed by atoms with E-state index in [9.17, 15) is 0 Å². The van der Waals surface area contributed by atoms with Gasteiger partial charge in [0.15, 0.2) is 0 Å². The molecule has 0 fully saturated rings. The molecule has 0 heterocycles. The molecule has 0 bridgehead atoms. The molecule has 1 aromatic rings. The number of benzene rings is 1. The lowest BCUT2D eigenvalue weighted by molar-refractivity contribution is 0.357. The second-order valence-electron chi connectivity index (χ2n) is 4.22. The van der Waals surface area contributed by atoms with Crippen LogP contribution in [-0.2, 0) is 0 Å². The van der Waals surface area contributed by atoms with Crippen LogP contribution in [0.25, 0.3) is 0 Å². The molecule has 2 heteroatoms. The average Bonchev–Trinajstić information content (AvgIpc) is 2.18. The Labute approximate surface area is 92.1 Å². The summed E-state index contributed by atoms with van der Waals surface area (Å²) in [6.45, 7) is 6.30. The average molecular weight is 202 g/mol. The number of nitrogens with zero attached hydrogens (tertiary/aromatic N) is 2. The van der Waals surface area contributed by atoms with Crippen LogP contribution in [0.15, 0.2) is 12.1 Å². The van der Waals surface area contributed by atoms with Crippen LogP contribution in [0, 0.1) is 32.1 Å². The van der Waals surface area contributed by atoms with E-state index in [2.05, 4.69) is 39.0 Å². The number of hydrogen-bond donors (Lipinski definition) is 0. The van der Waals surface area contributed by atoms with E-state index in [1.54, 1.807) is 0 Å². The highest BCUT2D eigenvalue weighted by Crippen LogP contribution is 2.25. The van der Waals surface area contributed by atoms with Crippen LogP contribution in [0.4, 0.5) is 0 Å². The zero-order chi connectivity index (χ0) is 11.6. The van der Waals surface area contributed by atoms with Gasteiger partial charge in [0.05, 0.1) is 6.07 Å². The predicted molar refractivity (Wildman–Crippen MR) is 62.7 cm³/mol. The number of rotatable bonds is 2. The lowest BCUT2D eigenvalue weighted by Gasteiger charge is -2.21. The standard InChI is InChI=1S/C13H18N2/c1-9-6-7-12(11(3)10(9)2)13(8-14)15(4)5/h6-7,13H,1-5H3. The molecule has 1 atom stereocenters. The first kappa shape index (κ1) is 11.7. The quantitative estimate of drug-likeness (QED) is 0.737. The molecule has 0 spiro atoms. The minimum Gasteiger partial charge on any atom is -0.291 e. The summed E-state index contributed by atoms with van der Waals surface area (Å²) in [5.41, 5.74) is 4.92. The Kier molecular flexibility index (Phi) is 3.49. The second-order valence-corrected chi connectivity index (χ2v) is 4.22. The van der Waals surface area contributed by atoms with Crippen LogP contribution in [0.5, 0.6) is 0 Å². The molecule has 0 N–H and O–H groups in total. The van der Waals surface area contributed by atoms with Crippen molar-refractivity contribution in [2.75, 3.05) is 14.1 Å². The van der Waals surface area contributed by atoms with Crippen LogP contribution in [0.2, 0.25) is 0 Å². The van der Waals surface area contributed by atoms with Crippen molar-refractivity contribution in [3.63, 3.8) is 0 Å². The van der Waals surface area contributed by atoms with Crippen LogP contribution in [0.3, 0.4) is 0 Å². The van der Waals surface area contributed by atoms with Crippen molar-refractivity contribution < 1.29 is 0 Å². The van der Waals surface area contributed by atoms with Gasteiger partial charge in [0.25, 0.3) is 0 Å². The third-order valence-corrected chi connectivity index (χ3v) is 3.03. The molecule has 0 aliphatic rings. The van der Waals surface area contributed by atoms with E-state index in [4.69, 9.17) is 5.26 Å². The first-order valence-electron chi connectivity index (χ1n) is 5.11. The van der Waals surface area contributed by atoms with Gasteiger partial charge in [-0.3, -0.25) is 4.90 Å². The Balaban J connectivity index is 3.27. The van der Waals surface area contributed by atoms with Gasteiger partial charge in [-0.15, -0.1) is 0 Å². The van der Waals surface area contributed by atoms with Gasteiger partial charge in [0, 0.05) is 0 Å². The van der Waals surface area contributed by atoms with E-state index in [-0.39, 0.29) is 6.04 Å². The molecule has 0 radical (unpaired) electrons. The fraction of sp³-hybridized carbons (Fsp3) is 0.462. The summed E-state index contributed by atoms with van der Waals surface area (Å²) in [5, 5.41) is 9.14. The molecular weight excluding hydrogens is 184 g/mol. The van der Waals surface area contributed by atoms with Crippen molar-refractivity contribution in [1.82, 2.24) is 4.90 Å². The Bertz CT molecular complexity index is 400. The minimum atomic E-state index is -0.149. The highest BCUT2D eigenvalue weighted by Gasteiger charge is 2.16. The van der Waals surface area contributed by atoms with Crippen LogP contribution in [0.1, 0.15) is 28.3 Å². The van der Waals surface area contributed by atoms with Gasteiger partial charge in [0.1, 0.15) is 6.04 Å². The molecule has 0 saturated heterocycles. The zero-order valence-electron chi connectivity index (χ0n) is 10.1. The van der Waals surface area contributed by atoms with Crippen LogP contribution < -0.4 is 0 Å². The molecule has 1 rings (SSSR count). The van der Waals surface area contributed by atoms with E-state index < -0.39 is 0 Å². The maximum Gasteiger partial charge on any atom is 0.123 e. The van der Waals surface area contributed by atoms with E-state index in [0.29, 0.717) is 0 Å². The summed E-state index contributed by atoms with van der Waals surface area (Å²) in [4.78, 5) is 1.94. The van der Waals surface area contributed by atoms with Crippen molar-refractivity contribution in [1.29, 1.82) is 5.26 Å². The maximum atomic E-state index is 9.14. The van der Waals surface area contributed by atoms with Gasteiger partial charge in [-0.25, -0.2) is 0 Å². The topological polar surface area (TPSA) is 27.0 Å². The Morgan fingerprint density at radius 1 is 1.13 bits per heavy atom. The van der Waals surface area contributed by atoms with E-state index in [1.165, 1.54) is 16.7 Å². The van der Waals surface area contributed by atoms with Gasteiger partial charge in [-0.05, 0) is 57.1 Å². The van der Waals surface area contributed by atoms with Crippen molar-refractivity contribution in [3.05, 3.63) is 34.4 Å². The summed E-state index contributed by atoms with van der Waals surface area (Å²) < 4.78 is 0. The fourth-order valence-corrected chi connectivity index (χ4v) is 1.74. The third-order valence-electron chi connectivity index (χ3n) is 3.03. The highest BCUT2D eigenvalue weighted by molar-refractivity contribution is 5.42. The third kappa shape index (κ3) is 2.19. The molecule has 0 aromatic heterocycles. The van der Waals surface area contributed by atoms with E-state index in [1.807, 2.05) is 19.0 Å². The molecule has 0 saturated carbocycles. The van der Waals surface area contributed by atoms with Gasteiger partial charge in [0.2, 0.25) is 0 Å². The molecule has 0 aliphatic carbocycles. The molecule has 0 amide bonds. The van der Waals surface area contributed by atoms with E-state index in [0.717, 1.165) is 5.56 Å². The van der Waals surface area contributed by atoms with Gasteiger partial charge < -0.3 is 0 Å². The SMILES string of the molecule is Cc1ccc(C(C#N)N(C)C)c(C)c1C. The highest BCUT2D eigenvalue weighted by atomic mass is 15.1. The molecular formula is C13H18N2. The number of nitriles is 1. The number of aryl methyl sites for hydroxylation is 1. The molecule has 1 unspecified atom stereocenters. The van der Waals surface area contributed by atoms with Crippen molar-refractivity contribution in [2.45, 2.75) is 26.8 Å². The smallest absolute Gasteiger partial charge is 0.123 e. The van der Waals surface area contributed by atoms with Crippen LogP contribution >= 0.6 is 0 Å². The second kappa shape index (κ2) is 4.46. The predicted octanol–water partition coefficient (Wildman–Crippen LogP) is 2.74. The fourth-order valence-electron chi connectivity index (χ4n) is 1.74. The lowest BCUT2D eigenvalue weighted by atomic mass is 9.94. The summed E-state index contributed by atoms with van der Waals surface area (Å²) in [6.07, 6.45) is 0. The Morgan fingerprint density at radius 3 is 2.20 bits per heavy atom. The summed E-state index contributed by atoms with van der Waals surface area (Å²) in [5.74, 6) is 0. The van der Waals surface area contributed by atoms with E-state index >= 15 is 0 Å². The van der Waals surface area contributed by atoms with Gasteiger partial charge >= 0.3 is 0 Å². The first-order chi connectivity index (χ1) is 6.99. The summed E-state index contributed by atoms with van der Waals surface area (Å²) in [6, 6.07) is 6.33. The maximum absolute atomic E-state index is 9.14. The van der Waals surface area contributed by atoms with Gasteiger partial charge in [-0.2, -0.15) is 5.26 Å². The Hall–Kier alpha value is -1.33. The first-order valence-corrected chi connectivity index (χ1v) is 5.11. The zero-order valence-corrected chi connectivity index (χ0v) is 10.1. The molecule has 0 aliphatic heterocycles. The summed E-state index contributed by atoms with van der Waals surface area (Å²) in [7, 11) is 3.87. The molecule has 1 aromatic carbocycles. The summed E-state index contributed by atoms with van der Waals surface area (Å²) >= 11 is 0. The lowest BCUT2D eigenvalue weighted by Crippen LogP contribution is -2.19. The van der Waals surface area contributed by atoms with Crippen molar-refractivity contribution in [2.24, 2.45) is 0 Å².